The molecular weight excluding hydrogens is 344 g/mol. The lowest BCUT2D eigenvalue weighted by Gasteiger charge is -2.21. The van der Waals surface area contributed by atoms with Gasteiger partial charge in [0, 0.05) is 0 Å². The van der Waals surface area contributed by atoms with E-state index in [0.29, 0.717) is 0 Å². The van der Waals surface area contributed by atoms with E-state index in [1.165, 1.54) is 24.3 Å². The second-order valence-electron chi connectivity index (χ2n) is 5.65. The SMILES string of the molecule is CC(Oc1ccccc1)OC(C)Oc1ccccc1.Oc1ccc(O)cc1. The van der Waals surface area contributed by atoms with Gasteiger partial charge in [-0.05, 0) is 62.4 Å². The maximum atomic E-state index is 8.65. The Morgan fingerprint density at radius 3 is 1.22 bits per heavy atom. The molecule has 0 spiro atoms. The molecule has 3 aromatic rings. The lowest BCUT2D eigenvalue weighted by atomic mass is 10.3. The van der Waals surface area contributed by atoms with E-state index in [9.17, 15) is 0 Å². The van der Waals surface area contributed by atoms with Crippen LogP contribution in [0.3, 0.4) is 0 Å². The third-order valence-corrected chi connectivity index (χ3v) is 3.32. The highest BCUT2D eigenvalue weighted by atomic mass is 16.8. The number of ether oxygens (including phenoxy) is 3. The second-order valence-corrected chi connectivity index (χ2v) is 5.65. The maximum absolute atomic E-state index is 8.65. The fourth-order valence-corrected chi connectivity index (χ4v) is 2.16. The molecule has 0 amide bonds. The maximum Gasteiger partial charge on any atom is 0.200 e. The van der Waals surface area contributed by atoms with E-state index in [-0.39, 0.29) is 24.1 Å². The van der Waals surface area contributed by atoms with E-state index in [2.05, 4.69) is 0 Å². The fourth-order valence-electron chi connectivity index (χ4n) is 2.16. The van der Waals surface area contributed by atoms with Crippen LogP contribution in [0.1, 0.15) is 13.8 Å². The highest BCUT2D eigenvalue weighted by Crippen LogP contribution is 2.15. The number of para-hydroxylation sites is 2. The van der Waals surface area contributed by atoms with Gasteiger partial charge in [-0.15, -0.1) is 0 Å². The summed E-state index contributed by atoms with van der Waals surface area (Å²) in [4.78, 5) is 0. The molecule has 0 aliphatic rings. The summed E-state index contributed by atoms with van der Waals surface area (Å²) in [5.74, 6) is 1.90. The van der Waals surface area contributed by atoms with Crippen molar-refractivity contribution < 1.29 is 24.4 Å². The van der Waals surface area contributed by atoms with Crippen molar-refractivity contribution in [1.82, 2.24) is 0 Å². The molecule has 0 saturated heterocycles. The monoisotopic (exact) mass is 368 g/mol. The number of aromatic hydroxyl groups is 2. The number of benzene rings is 3. The minimum Gasteiger partial charge on any atom is -0.508 e. The summed E-state index contributed by atoms with van der Waals surface area (Å²) < 4.78 is 16.9. The zero-order chi connectivity index (χ0) is 19.5. The van der Waals surface area contributed by atoms with Crippen LogP contribution in [0.5, 0.6) is 23.0 Å². The Hall–Kier alpha value is -3.18. The first-order valence-corrected chi connectivity index (χ1v) is 8.60. The molecule has 5 heteroatoms. The van der Waals surface area contributed by atoms with Crippen molar-refractivity contribution in [2.45, 2.75) is 26.4 Å². The molecule has 0 heterocycles. The van der Waals surface area contributed by atoms with Crippen LogP contribution in [0.4, 0.5) is 0 Å². The Morgan fingerprint density at radius 1 is 0.556 bits per heavy atom. The Morgan fingerprint density at radius 2 is 0.889 bits per heavy atom. The predicted molar refractivity (Wildman–Crippen MR) is 104 cm³/mol. The molecule has 0 radical (unpaired) electrons. The Balaban J connectivity index is 0.000000273. The standard InChI is InChI=1S/C16H18O3.C6H6O2/c1-13(18-15-9-5-3-6-10-15)17-14(2)19-16-11-7-4-8-12-16;7-5-1-2-6(8)4-3-5/h3-14H,1-2H3;1-4,7-8H. The zero-order valence-electron chi connectivity index (χ0n) is 15.4. The lowest BCUT2D eigenvalue weighted by molar-refractivity contribution is -0.167. The first-order chi connectivity index (χ1) is 13.0. The number of hydrogen-bond donors (Lipinski definition) is 2. The molecule has 2 atom stereocenters. The number of phenolic OH excluding ortho intramolecular Hbond substituents is 2. The van der Waals surface area contributed by atoms with Gasteiger partial charge in [0.1, 0.15) is 23.0 Å². The smallest absolute Gasteiger partial charge is 0.200 e. The van der Waals surface area contributed by atoms with Crippen LogP contribution >= 0.6 is 0 Å². The lowest BCUT2D eigenvalue weighted by Crippen LogP contribution is -2.26. The van der Waals surface area contributed by atoms with Crippen molar-refractivity contribution >= 4 is 0 Å². The van der Waals surface area contributed by atoms with Crippen LogP contribution in [0.25, 0.3) is 0 Å². The average Bonchev–Trinajstić information content (AvgIpc) is 2.66. The largest absolute Gasteiger partial charge is 0.508 e. The summed E-state index contributed by atoms with van der Waals surface area (Å²) in [5.41, 5.74) is 0. The topological polar surface area (TPSA) is 68.2 Å². The van der Waals surface area contributed by atoms with Gasteiger partial charge in [-0.2, -0.15) is 0 Å². The molecule has 2 unspecified atom stereocenters. The van der Waals surface area contributed by atoms with Gasteiger partial charge >= 0.3 is 0 Å². The van der Waals surface area contributed by atoms with Crippen LogP contribution in [0.15, 0.2) is 84.9 Å². The first kappa shape index (κ1) is 20.1. The third kappa shape index (κ3) is 8.16. The minimum absolute atomic E-state index is 0.169. The number of phenols is 2. The quantitative estimate of drug-likeness (QED) is 0.476. The third-order valence-electron chi connectivity index (χ3n) is 3.32. The fraction of sp³-hybridized carbons (Fsp3) is 0.182. The van der Waals surface area contributed by atoms with E-state index in [1.807, 2.05) is 74.5 Å². The second kappa shape index (κ2) is 10.7. The Labute approximate surface area is 159 Å². The summed E-state index contributed by atoms with van der Waals surface area (Å²) in [6.45, 7) is 3.69. The highest BCUT2D eigenvalue weighted by Gasteiger charge is 2.10. The minimum atomic E-state index is -0.374. The van der Waals surface area contributed by atoms with Crippen LogP contribution in [0.2, 0.25) is 0 Å². The van der Waals surface area contributed by atoms with Gasteiger partial charge in [0.05, 0.1) is 0 Å². The summed E-state index contributed by atoms with van der Waals surface area (Å²) in [6.07, 6.45) is -0.748. The molecular formula is C22H24O5. The van der Waals surface area contributed by atoms with E-state index < -0.39 is 0 Å². The molecule has 5 nitrogen and oxygen atoms in total. The molecule has 0 aromatic heterocycles. The summed E-state index contributed by atoms with van der Waals surface area (Å²) in [5, 5.41) is 17.3. The van der Waals surface area contributed by atoms with Crippen molar-refractivity contribution in [2.75, 3.05) is 0 Å². The van der Waals surface area contributed by atoms with E-state index in [1.54, 1.807) is 0 Å². The normalized spacial score (nSPS) is 12.2. The molecule has 142 valence electrons. The van der Waals surface area contributed by atoms with Crippen LogP contribution in [-0.2, 0) is 4.74 Å². The molecule has 0 aliphatic heterocycles. The first-order valence-electron chi connectivity index (χ1n) is 8.60. The predicted octanol–water partition coefficient (Wildman–Crippen LogP) is 4.95. The Bertz CT molecular complexity index is 693. The summed E-state index contributed by atoms with van der Waals surface area (Å²) >= 11 is 0. The van der Waals surface area contributed by atoms with Gasteiger partial charge in [-0.3, -0.25) is 0 Å². The van der Waals surface area contributed by atoms with Crippen molar-refractivity contribution in [3.63, 3.8) is 0 Å². The Kier molecular flexibility index (Phi) is 8.00. The molecule has 0 saturated carbocycles. The average molecular weight is 368 g/mol. The molecule has 0 aliphatic carbocycles. The molecule has 0 fully saturated rings. The van der Waals surface area contributed by atoms with Crippen molar-refractivity contribution in [1.29, 1.82) is 0 Å². The van der Waals surface area contributed by atoms with Gasteiger partial charge in [0.25, 0.3) is 0 Å². The van der Waals surface area contributed by atoms with Gasteiger partial charge in [0.2, 0.25) is 12.6 Å². The molecule has 2 N–H and O–H groups in total. The van der Waals surface area contributed by atoms with Crippen LogP contribution < -0.4 is 9.47 Å². The molecule has 3 aromatic carbocycles. The highest BCUT2D eigenvalue weighted by molar-refractivity contribution is 5.28. The van der Waals surface area contributed by atoms with Crippen molar-refractivity contribution in [3.8, 4) is 23.0 Å². The van der Waals surface area contributed by atoms with Gasteiger partial charge in [-0.1, -0.05) is 36.4 Å². The number of hydrogen-bond acceptors (Lipinski definition) is 5. The van der Waals surface area contributed by atoms with Gasteiger partial charge < -0.3 is 24.4 Å². The summed E-state index contributed by atoms with van der Waals surface area (Å²) in [6, 6.07) is 24.8. The van der Waals surface area contributed by atoms with Gasteiger partial charge in [0.15, 0.2) is 0 Å². The van der Waals surface area contributed by atoms with E-state index in [4.69, 9.17) is 24.4 Å². The summed E-state index contributed by atoms with van der Waals surface area (Å²) in [7, 11) is 0. The zero-order valence-corrected chi connectivity index (χ0v) is 15.4. The van der Waals surface area contributed by atoms with Crippen LogP contribution in [0, 0.1) is 0 Å². The van der Waals surface area contributed by atoms with Gasteiger partial charge in [-0.25, -0.2) is 0 Å². The molecule has 0 bridgehead atoms. The van der Waals surface area contributed by atoms with Crippen LogP contribution in [-0.4, -0.2) is 22.8 Å². The van der Waals surface area contributed by atoms with Crippen molar-refractivity contribution in [2.24, 2.45) is 0 Å². The van der Waals surface area contributed by atoms with E-state index >= 15 is 0 Å². The number of rotatable bonds is 6. The molecule has 27 heavy (non-hydrogen) atoms. The van der Waals surface area contributed by atoms with E-state index in [0.717, 1.165) is 11.5 Å². The van der Waals surface area contributed by atoms with Crippen molar-refractivity contribution in [3.05, 3.63) is 84.9 Å². The molecule has 3 rings (SSSR count).